The number of hydroxylamine groups is 1. The predicted molar refractivity (Wildman–Crippen MR) is 128 cm³/mol. The number of carbonyl (C=O) groups is 1. The lowest BCUT2D eigenvalue weighted by Crippen LogP contribution is -2.54. The lowest BCUT2D eigenvalue weighted by atomic mass is 9.98. The Morgan fingerprint density at radius 1 is 1.08 bits per heavy atom. The SMILES string of the molecule is COc1ccc(C(=CCCCOc2ccc(S(=O)(=O)C3(C(=O)NO)CCOCC3)cc2)C(F)(F)F)cc1. The molecule has 12 heteroatoms. The van der Waals surface area contributed by atoms with Crippen LogP contribution in [0.5, 0.6) is 11.5 Å². The Labute approximate surface area is 212 Å². The lowest BCUT2D eigenvalue weighted by Gasteiger charge is -2.34. The van der Waals surface area contributed by atoms with Crippen molar-refractivity contribution < 1.29 is 45.8 Å². The third-order valence-electron chi connectivity index (χ3n) is 6.14. The van der Waals surface area contributed by atoms with E-state index in [1.54, 1.807) is 0 Å². The molecule has 0 spiro atoms. The quantitative estimate of drug-likeness (QED) is 0.261. The largest absolute Gasteiger partial charge is 0.497 e. The number of halogens is 3. The Morgan fingerprint density at radius 2 is 1.68 bits per heavy atom. The van der Waals surface area contributed by atoms with Gasteiger partial charge in [0.05, 0.1) is 24.2 Å². The van der Waals surface area contributed by atoms with Crippen molar-refractivity contribution in [2.24, 2.45) is 0 Å². The van der Waals surface area contributed by atoms with Crippen molar-refractivity contribution in [3.05, 3.63) is 60.2 Å². The molecule has 1 fully saturated rings. The summed E-state index contributed by atoms with van der Waals surface area (Å²) in [6.07, 6.45) is -3.23. The Bertz CT molecular complexity index is 1190. The van der Waals surface area contributed by atoms with E-state index < -0.39 is 32.2 Å². The van der Waals surface area contributed by atoms with Gasteiger partial charge in [-0.05, 0) is 67.6 Å². The van der Waals surface area contributed by atoms with Crippen molar-refractivity contribution in [3.8, 4) is 11.5 Å². The van der Waals surface area contributed by atoms with Gasteiger partial charge in [0.2, 0.25) is 0 Å². The van der Waals surface area contributed by atoms with Crippen LogP contribution in [0.3, 0.4) is 0 Å². The van der Waals surface area contributed by atoms with Crippen LogP contribution >= 0.6 is 0 Å². The van der Waals surface area contributed by atoms with Crippen LogP contribution < -0.4 is 15.0 Å². The molecule has 1 heterocycles. The van der Waals surface area contributed by atoms with Crippen LogP contribution in [0.2, 0.25) is 0 Å². The highest BCUT2D eigenvalue weighted by Gasteiger charge is 2.52. The van der Waals surface area contributed by atoms with Gasteiger partial charge < -0.3 is 14.2 Å². The van der Waals surface area contributed by atoms with Gasteiger partial charge in [0, 0.05) is 13.2 Å². The van der Waals surface area contributed by atoms with E-state index in [9.17, 15) is 26.4 Å². The number of unbranched alkanes of at least 4 members (excludes halogenated alkanes) is 1. The van der Waals surface area contributed by atoms with E-state index in [-0.39, 0.29) is 56.0 Å². The summed E-state index contributed by atoms with van der Waals surface area (Å²) < 4.78 is 80.9. The normalized spacial score (nSPS) is 16.2. The van der Waals surface area contributed by atoms with Crippen LogP contribution in [0.15, 0.2) is 59.5 Å². The Balaban J connectivity index is 1.62. The first kappa shape index (κ1) is 28.5. The van der Waals surface area contributed by atoms with Gasteiger partial charge >= 0.3 is 6.18 Å². The maximum atomic E-state index is 13.5. The van der Waals surface area contributed by atoms with Crippen LogP contribution in [-0.4, -0.2) is 57.4 Å². The monoisotopic (exact) mass is 543 g/mol. The van der Waals surface area contributed by atoms with Crippen molar-refractivity contribution in [3.63, 3.8) is 0 Å². The Morgan fingerprint density at radius 3 is 2.22 bits per heavy atom. The number of allylic oxidation sites excluding steroid dienone is 2. The second kappa shape index (κ2) is 12.0. The van der Waals surface area contributed by atoms with Crippen molar-refractivity contribution in [2.45, 2.75) is 41.5 Å². The number of ether oxygens (including phenoxy) is 3. The number of rotatable bonds is 10. The number of nitrogens with one attached hydrogen (secondary N) is 1. The van der Waals surface area contributed by atoms with Gasteiger partial charge in [0.1, 0.15) is 11.5 Å². The van der Waals surface area contributed by atoms with Gasteiger partial charge in [-0.1, -0.05) is 18.2 Å². The second-order valence-corrected chi connectivity index (χ2v) is 10.6. The molecule has 2 aromatic rings. The standard InChI is InChI=1S/C25H28F3NO7S/c1-34-19-7-5-18(6-8-19)22(25(26,27)28)4-2-3-15-36-20-9-11-21(12-10-20)37(32,33)24(23(30)29-31)13-16-35-17-14-24/h4-12,31H,2-3,13-17H2,1H3,(H,29,30). The van der Waals surface area contributed by atoms with Gasteiger partial charge in [0.25, 0.3) is 5.91 Å². The van der Waals surface area contributed by atoms with E-state index in [1.165, 1.54) is 61.1 Å². The molecule has 8 nitrogen and oxygen atoms in total. The van der Waals surface area contributed by atoms with Gasteiger partial charge in [-0.3, -0.25) is 10.0 Å². The topological polar surface area (TPSA) is 111 Å². The summed E-state index contributed by atoms with van der Waals surface area (Å²) in [6.45, 7) is 0.207. The summed E-state index contributed by atoms with van der Waals surface area (Å²) in [4.78, 5) is 12.2. The molecule has 1 saturated heterocycles. The molecule has 1 aliphatic heterocycles. The molecule has 0 atom stereocenters. The van der Waals surface area contributed by atoms with E-state index >= 15 is 0 Å². The summed E-state index contributed by atoms with van der Waals surface area (Å²) in [7, 11) is -2.73. The number of alkyl halides is 3. The first-order chi connectivity index (χ1) is 17.5. The number of hydrogen-bond acceptors (Lipinski definition) is 7. The molecular weight excluding hydrogens is 515 g/mol. The fourth-order valence-electron chi connectivity index (χ4n) is 4.05. The van der Waals surface area contributed by atoms with E-state index in [2.05, 4.69) is 0 Å². The zero-order valence-electron chi connectivity index (χ0n) is 20.1. The number of methoxy groups -OCH3 is 1. The van der Waals surface area contributed by atoms with Gasteiger partial charge in [0.15, 0.2) is 14.6 Å². The number of amides is 1. The molecule has 2 N–H and O–H groups in total. The van der Waals surface area contributed by atoms with Crippen molar-refractivity contribution in [1.29, 1.82) is 0 Å². The fraction of sp³-hybridized carbons (Fsp3) is 0.400. The Hall–Kier alpha value is -3.09. The van der Waals surface area contributed by atoms with Crippen LogP contribution in [0, 0.1) is 0 Å². The highest BCUT2D eigenvalue weighted by atomic mass is 32.2. The minimum absolute atomic E-state index is 0.0307. The number of sulfone groups is 1. The molecular formula is C25H28F3NO7S. The first-order valence-electron chi connectivity index (χ1n) is 11.5. The maximum absolute atomic E-state index is 13.5. The molecule has 0 bridgehead atoms. The molecule has 2 aromatic carbocycles. The van der Waals surface area contributed by atoms with Crippen LogP contribution in [0.4, 0.5) is 13.2 Å². The summed E-state index contributed by atoms with van der Waals surface area (Å²) in [5.41, 5.74) is 0.736. The van der Waals surface area contributed by atoms with E-state index in [0.717, 1.165) is 6.08 Å². The van der Waals surface area contributed by atoms with Gasteiger partial charge in [-0.15, -0.1) is 0 Å². The van der Waals surface area contributed by atoms with Gasteiger partial charge in [-0.2, -0.15) is 13.2 Å². The highest BCUT2D eigenvalue weighted by molar-refractivity contribution is 7.93. The molecule has 37 heavy (non-hydrogen) atoms. The fourth-order valence-corrected chi connectivity index (χ4v) is 5.99. The number of benzene rings is 2. The van der Waals surface area contributed by atoms with Crippen molar-refractivity contribution in [2.75, 3.05) is 26.9 Å². The van der Waals surface area contributed by atoms with Crippen molar-refractivity contribution in [1.82, 2.24) is 5.48 Å². The summed E-state index contributed by atoms with van der Waals surface area (Å²) >= 11 is 0. The molecule has 1 amide bonds. The third-order valence-corrected chi connectivity index (χ3v) is 8.65. The average Bonchev–Trinajstić information content (AvgIpc) is 2.90. The Kier molecular flexibility index (Phi) is 9.21. The summed E-state index contributed by atoms with van der Waals surface area (Å²) in [6, 6.07) is 11.0. The minimum atomic E-state index is -4.52. The minimum Gasteiger partial charge on any atom is -0.497 e. The molecule has 0 saturated carbocycles. The highest BCUT2D eigenvalue weighted by Crippen LogP contribution is 2.36. The molecule has 1 aliphatic rings. The number of hydrogen-bond donors (Lipinski definition) is 2. The second-order valence-electron chi connectivity index (χ2n) is 8.36. The molecule has 0 radical (unpaired) electrons. The van der Waals surface area contributed by atoms with Gasteiger partial charge in [-0.25, -0.2) is 13.9 Å². The average molecular weight is 544 g/mol. The molecule has 0 aliphatic carbocycles. The molecule has 0 unspecified atom stereocenters. The van der Waals surface area contributed by atoms with Crippen molar-refractivity contribution >= 4 is 21.3 Å². The van der Waals surface area contributed by atoms with Crippen LogP contribution in [-0.2, 0) is 19.4 Å². The molecule has 3 rings (SSSR count). The van der Waals surface area contributed by atoms with E-state index in [1.807, 2.05) is 0 Å². The van der Waals surface area contributed by atoms with Crippen LogP contribution in [0.25, 0.3) is 5.57 Å². The molecule has 202 valence electrons. The smallest absolute Gasteiger partial charge is 0.416 e. The molecule has 0 aromatic heterocycles. The predicted octanol–water partition coefficient (Wildman–Crippen LogP) is 4.33. The van der Waals surface area contributed by atoms with E-state index in [0.29, 0.717) is 11.5 Å². The maximum Gasteiger partial charge on any atom is 0.416 e. The van der Waals surface area contributed by atoms with Crippen LogP contribution in [0.1, 0.15) is 31.2 Å². The zero-order valence-corrected chi connectivity index (χ0v) is 20.9. The lowest BCUT2D eigenvalue weighted by molar-refractivity contribution is -0.134. The number of carbonyl (C=O) groups excluding carboxylic acids is 1. The van der Waals surface area contributed by atoms with E-state index in [4.69, 9.17) is 19.4 Å². The first-order valence-corrected chi connectivity index (χ1v) is 12.9. The zero-order chi connectivity index (χ0) is 27.1. The summed E-state index contributed by atoms with van der Waals surface area (Å²) in [5.74, 6) is -0.240. The summed E-state index contributed by atoms with van der Waals surface area (Å²) in [5, 5.41) is 9.12. The third kappa shape index (κ3) is 6.43.